The zero-order valence-electron chi connectivity index (χ0n) is 7.47. The molecule has 0 fully saturated rings. The van der Waals surface area contributed by atoms with E-state index >= 15 is 0 Å². The van der Waals surface area contributed by atoms with Crippen molar-refractivity contribution in [3.63, 3.8) is 0 Å². The Morgan fingerprint density at radius 2 is 2.29 bits per heavy atom. The lowest BCUT2D eigenvalue weighted by atomic mass is 10.0. The van der Waals surface area contributed by atoms with Crippen molar-refractivity contribution in [3.8, 4) is 0 Å². The van der Waals surface area contributed by atoms with Crippen LogP contribution >= 0.6 is 11.6 Å². The maximum absolute atomic E-state index is 10.9. The number of hydrogen-bond donors (Lipinski definition) is 2. The number of carboxylic acids is 1. The van der Waals surface area contributed by atoms with E-state index in [4.69, 9.17) is 16.7 Å². The van der Waals surface area contributed by atoms with E-state index in [0.717, 1.165) is 16.5 Å². The molecule has 0 aliphatic heterocycles. The predicted molar refractivity (Wildman–Crippen MR) is 55.0 cm³/mol. The van der Waals surface area contributed by atoms with E-state index in [0.29, 0.717) is 5.02 Å². The highest BCUT2D eigenvalue weighted by molar-refractivity contribution is 6.35. The maximum atomic E-state index is 10.9. The van der Waals surface area contributed by atoms with Gasteiger partial charge in [-0.1, -0.05) is 11.6 Å². The lowest BCUT2D eigenvalue weighted by Gasteiger charge is -2.03. The fraction of sp³-hybridized carbons (Fsp3) is 0.100. The lowest BCUT2D eigenvalue weighted by molar-refractivity contribution is 0.0696. The number of fused-ring (bicyclic) bond motifs is 1. The van der Waals surface area contributed by atoms with E-state index in [2.05, 4.69) is 4.98 Å². The molecular weight excluding hydrogens is 202 g/mol. The van der Waals surface area contributed by atoms with Gasteiger partial charge in [-0.15, -0.1) is 0 Å². The molecule has 0 unspecified atom stereocenters. The van der Waals surface area contributed by atoms with Crippen molar-refractivity contribution >= 4 is 28.5 Å². The molecule has 0 amide bonds. The van der Waals surface area contributed by atoms with Crippen LogP contribution in [0.2, 0.25) is 5.02 Å². The predicted octanol–water partition coefficient (Wildman–Crippen LogP) is 2.83. The maximum Gasteiger partial charge on any atom is 0.336 e. The number of hydrogen-bond acceptors (Lipinski definition) is 1. The number of aromatic amines is 1. The van der Waals surface area contributed by atoms with Crippen LogP contribution in [0.5, 0.6) is 0 Å². The Morgan fingerprint density at radius 3 is 2.93 bits per heavy atom. The second-order valence-corrected chi connectivity index (χ2v) is 3.51. The zero-order chi connectivity index (χ0) is 10.3. The summed E-state index contributed by atoms with van der Waals surface area (Å²) in [6, 6.07) is 3.29. The molecule has 1 aromatic heterocycles. The number of aryl methyl sites for hydroxylation is 1. The van der Waals surface area contributed by atoms with Crippen molar-refractivity contribution in [2.45, 2.75) is 6.92 Å². The number of carboxylic acid groups (broad SMARTS) is 1. The summed E-state index contributed by atoms with van der Waals surface area (Å²) < 4.78 is 0. The standard InChI is InChI=1S/C10H8ClNO2/c1-5-6-2-3-12-9(6)8(11)4-7(5)10(13)14/h2-4,12H,1H3,(H,13,14). The van der Waals surface area contributed by atoms with Gasteiger partial charge in [-0.3, -0.25) is 0 Å². The number of nitrogens with one attached hydrogen (secondary N) is 1. The average molecular weight is 210 g/mol. The third-order valence-corrected chi connectivity index (χ3v) is 2.59. The van der Waals surface area contributed by atoms with Gasteiger partial charge in [-0.05, 0) is 24.6 Å². The Morgan fingerprint density at radius 1 is 1.57 bits per heavy atom. The molecule has 3 nitrogen and oxygen atoms in total. The van der Waals surface area contributed by atoms with Crippen LogP contribution in [0.1, 0.15) is 15.9 Å². The first kappa shape index (κ1) is 9.09. The van der Waals surface area contributed by atoms with Gasteiger partial charge in [0.1, 0.15) is 0 Å². The van der Waals surface area contributed by atoms with E-state index < -0.39 is 5.97 Å². The minimum atomic E-state index is -0.951. The molecule has 0 aliphatic carbocycles. The number of aromatic carboxylic acids is 1. The molecule has 2 aromatic rings. The molecule has 4 heteroatoms. The van der Waals surface area contributed by atoms with Gasteiger partial charge < -0.3 is 10.1 Å². The monoisotopic (exact) mass is 209 g/mol. The average Bonchev–Trinajstić information content (AvgIpc) is 2.59. The molecule has 0 bridgehead atoms. The van der Waals surface area contributed by atoms with Gasteiger partial charge in [-0.2, -0.15) is 0 Å². The summed E-state index contributed by atoms with van der Waals surface area (Å²) in [4.78, 5) is 13.8. The molecule has 2 rings (SSSR count). The second-order valence-electron chi connectivity index (χ2n) is 3.10. The molecule has 0 atom stereocenters. The van der Waals surface area contributed by atoms with Gasteiger partial charge in [0.2, 0.25) is 0 Å². The zero-order valence-corrected chi connectivity index (χ0v) is 8.22. The third-order valence-electron chi connectivity index (χ3n) is 2.30. The van der Waals surface area contributed by atoms with Gasteiger partial charge >= 0.3 is 5.97 Å². The largest absolute Gasteiger partial charge is 0.478 e. The first-order valence-corrected chi connectivity index (χ1v) is 4.48. The number of rotatable bonds is 1. The molecule has 0 aliphatic rings. The Labute approximate surface area is 85.3 Å². The Balaban J connectivity index is 2.88. The van der Waals surface area contributed by atoms with E-state index in [1.807, 2.05) is 6.07 Å². The Kier molecular flexibility index (Phi) is 1.97. The SMILES string of the molecule is Cc1c(C(=O)O)cc(Cl)c2[nH]ccc12. The Bertz CT molecular complexity index is 516. The smallest absolute Gasteiger partial charge is 0.336 e. The molecule has 2 N–H and O–H groups in total. The second kappa shape index (κ2) is 3.03. The summed E-state index contributed by atoms with van der Waals surface area (Å²) in [5.74, 6) is -0.951. The number of halogens is 1. The first-order valence-electron chi connectivity index (χ1n) is 4.10. The van der Waals surface area contributed by atoms with Crippen LogP contribution in [0.3, 0.4) is 0 Å². The van der Waals surface area contributed by atoms with Gasteiger partial charge in [0, 0.05) is 11.6 Å². The quantitative estimate of drug-likeness (QED) is 0.759. The van der Waals surface area contributed by atoms with Crippen molar-refractivity contribution in [2.24, 2.45) is 0 Å². The van der Waals surface area contributed by atoms with E-state index in [-0.39, 0.29) is 5.56 Å². The van der Waals surface area contributed by atoms with Gasteiger partial charge in [0.05, 0.1) is 16.1 Å². The van der Waals surface area contributed by atoms with Crippen molar-refractivity contribution in [3.05, 3.63) is 34.5 Å². The fourth-order valence-corrected chi connectivity index (χ4v) is 1.82. The molecule has 1 heterocycles. The Hall–Kier alpha value is -1.48. The van der Waals surface area contributed by atoms with Crippen molar-refractivity contribution < 1.29 is 9.90 Å². The van der Waals surface area contributed by atoms with Crippen LogP contribution in [0.15, 0.2) is 18.3 Å². The lowest BCUT2D eigenvalue weighted by Crippen LogP contribution is -1.99. The van der Waals surface area contributed by atoms with Crippen LogP contribution in [0, 0.1) is 6.92 Å². The number of H-pyrrole nitrogens is 1. The molecule has 1 aromatic carbocycles. The van der Waals surface area contributed by atoms with E-state index in [1.165, 1.54) is 6.07 Å². The molecule has 0 spiro atoms. The summed E-state index contributed by atoms with van der Waals surface area (Å²) in [5.41, 5.74) is 1.77. The number of carbonyl (C=O) groups is 1. The highest BCUT2D eigenvalue weighted by atomic mass is 35.5. The van der Waals surface area contributed by atoms with Crippen LogP contribution in [0.4, 0.5) is 0 Å². The summed E-state index contributed by atoms with van der Waals surface area (Å²) in [6.45, 7) is 1.77. The molecule has 14 heavy (non-hydrogen) atoms. The molecule has 0 saturated carbocycles. The topological polar surface area (TPSA) is 53.1 Å². The first-order chi connectivity index (χ1) is 6.61. The van der Waals surface area contributed by atoms with Crippen LogP contribution < -0.4 is 0 Å². The van der Waals surface area contributed by atoms with Gasteiger partial charge in [0.25, 0.3) is 0 Å². The summed E-state index contributed by atoms with van der Waals surface area (Å²) in [7, 11) is 0. The summed E-state index contributed by atoms with van der Waals surface area (Å²) >= 11 is 5.93. The fourth-order valence-electron chi connectivity index (χ4n) is 1.55. The summed E-state index contributed by atoms with van der Waals surface area (Å²) in [6.07, 6.45) is 1.75. The van der Waals surface area contributed by atoms with E-state index in [9.17, 15) is 4.79 Å². The van der Waals surface area contributed by atoms with E-state index in [1.54, 1.807) is 13.1 Å². The van der Waals surface area contributed by atoms with Crippen LogP contribution in [0.25, 0.3) is 10.9 Å². The highest BCUT2D eigenvalue weighted by Gasteiger charge is 2.13. The number of aromatic nitrogens is 1. The summed E-state index contributed by atoms with van der Waals surface area (Å²) in [5, 5.41) is 10.2. The molecule has 72 valence electrons. The van der Waals surface area contributed by atoms with Crippen molar-refractivity contribution in [1.82, 2.24) is 4.98 Å². The molecule has 0 saturated heterocycles. The van der Waals surface area contributed by atoms with Gasteiger partial charge in [0.15, 0.2) is 0 Å². The van der Waals surface area contributed by atoms with Crippen LogP contribution in [-0.4, -0.2) is 16.1 Å². The van der Waals surface area contributed by atoms with Gasteiger partial charge in [-0.25, -0.2) is 4.79 Å². The van der Waals surface area contributed by atoms with Crippen molar-refractivity contribution in [1.29, 1.82) is 0 Å². The number of benzene rings is 1. The molecular formula is C10H8ClNO2. The van der Waals surface area contributed by atoms with Crippen LogP contribution in [-0.2, 0) is 0 Å². The third kappa shape index (κ3) is 1.17. The van der Waals surface area contributed by atoms with Crippen molar-refractivity contribution in [2.75, 3.05) is 0 Å². The normalized spacial score (nSPS) is 10.7. The highest BCUT2D eigenvalue weighted by Crippen LogP contribution is 2.28. The minimum absolute atomic E-state index is 0.252. The minimum Gasteiger partial charge on any atom is -0.478 e. The molecule has 0 radical (unpaired) electrons.